The van der Waals surface area contributed by atoms with E-state index >= 15 is 0 Å². The zero-order valence-corrected chi connectivity index (χ0v) is 26.0. The van der Waals surface area contributed by atoms with E-state index in [1.54, 1.807) is 0 Å². The van der Waals surface area contributed by atoms with Crippen LogP contribution >= 0.6 is 0 Å². The minimum atomic E-state index is 0.0669. The third-order valence-corrected chi connectivity index (χ3v) is 9.29. The Hall–Kier alpha value is -3.40. The molecule has 0 radical (unpaired) electrons. The maximum atomic E-state index is 6.14. The SMILES string of the molecule is C1=CC(C(C2=CCC(OCC3CO3)C=C2)C(c2ccc(OCC3CO3)cc2)c2ccc(OCC3CO3)cc2)CC=C1OCC1CO1. The normalized spacial score (nSPS) is 30.1. The lowest BCUT2D eigenvalue weighted by Gasteiger charge is -2.36. The Labute approximate surface area is 270 Å². The van der Waals surface area contributed by atoms with Gasteiger partial charge < -0.3 is 37.9 Å². The van der Waals surface area contributed by atoms with Gasteiger partial charge in [-0.1, -0.05) is 48.6 Å². The van der Waals surface area contributed by atoms with Gasteiger partial charge in [-0.25, -0.2) is 0 Å². The molecule has 46 heavy (non-hydrogen) atoms. The summed E-state index contributed by atoms with van der Waals surface area (Å²) in [6.45, 7) is 5.59. The van der Waals surface area contributed by atoms with Crippen molar-refractivity contribution in [3.05, 3.63) is 107 Å². The molecule has 0 saturated carbocycles. The van der Waals surface area contributed by atoms with Gasteiger partial charge in [-0.3, -0.25) is 0 Å². The first-order chi connectivity index (χ1) is 22.7. The maximum Gasteiger partial charge on any atom is 0.119 e. The van der Waals surface area contributed by atoms with E-state index in [0.29, 0.717) is 26.4 Å². The van der Waals surface area contributed by atoms with Crippen LogP contribution in [-0.2, 0) is 28.4 Å². The first kappa shape index (κ1) is 30.0. The van der Waals surface area contributed by atoms with Crippen molar-refractivity contribution in [3.8, 4) is 11.5 Å². The molecule has 0 bridgehead atoms. The Bertz CT molecular complexity index is 1390. The van der Waals surface area contributed by atoms with Crippen LogP contribution in [0.3, 0.4) is 0 Å². The molecule has 6 aliphatic rings. The largest absolute Gasteiger partial charge is 0.491 e. The van der Waals surface area contributed by atoms with Crippen LogP contribution in [-0.4, -0.2) is 83.4 Å². The molecule has 7 unspecified atom stereocenters. The molecule has 2 aromatic carbocycles. The lowest BCUT2D eigenvalue weighted by molar-refractivity contribution is 0.0727. The summed E-state index contributed by atoms with van der Waals surface area (Å²) in [4.78, 5) is 0. The molecule has 4 fully saturated rings. The molecular formula is C38H42O8. The third kappa shape index (κ3) is 8.11. The minimum Gasteiger partial charge on any atom is -0.491 e. The average molecular weight is 627 g/mol. The van der Waals surface area contributed by atoms with Crippen LogP contribution in [0.1, 0.15) is 29.9 Å². The van der Waals surface area contributed by atoms with Gasteiger partial charge in [0.25, 0.3) is 0 Å². The van der Waals surface area contributed by atoms with Gasteiger partial charge in [-0.05, 0) is 71.9 Å². The van der Waals surface area contributed by atoms with Gasteiger partial charge in [0.1, 0.15) is 61.5 Å². The van der Waals surface area contributed by atoms with Crippen LogP contribution < -0.4 is 9.47 Å². The molecule has 8 rings (SSSR count). The molecule has 4 saturated heterocycles. The van der Waals surface area contributed by atoms with Crippen LogP contribution in [0.4, 0.5) is 0 Å². The standard InChI is InChI=1S/C38H42O8/c1-9-29(39-17-33-21-43-33)10-2-25(1)37(26-3-11-30(12-4-26)40-18-34-22-44-34)38(27-5-13-31(14-6-27)41-19-35-23-45-35)28-7-15-32(16-8-28)42-20-36-24-46-36/h1-7,9-13,15-16,28,31,33-38H,8,14,17-24H2. The molecule has 4 aliphatic heterocycles. The lowest BCUT2D eigenvalue weighted by atomic mass is 9.68. The second-order valence-corrected chi connectivity index (χ2v) is 12.9. The summed E-state index contributed by atoms with van der Waals surface area (Å²) in [5, 5.41) is 0. The fourth-order valence-corrected chi connectivity index (χ4v) is 6.27. The number of hydrogen-bond donors (Lipinski definition) is 0. The highest BCUT2D eigenvalue weighted by Crippen LogP contribution is 2.45. The van der Waals surface area contributed by atoms with Gasteiger partial charge in [-0.15, -0.1) is 0 Å². The summed E-state index contributed by atoms with van der Waals surface area (Å²) >= 11 is 0. The molecular weight excluding hydrogens is 584 g/mol. The summed E-state index contributed by atoms with van der Waals surface area (Å²) in [7, 11) is 0. The molecule has 0 amide bonds. The monoisotopic (exact) mass is 626 g/mol. The van der Waals surface area contributed by atoms with E-state index in [2.05, 4.69) is 85.0 Å². The van der Waals surface area contributed by atoms with E-state index in [9.17, 15) is 0 Å². The summed E-state index contributed by atoms with van der Waals surface area (Å²) in [5.41, 5.74) is 3.80. The van der Waals surface area contributed by atoms with Crippen molar-refractivity contribution < 1.29 is 37.9 Å². The summed E-state index contributed by atoms with van der Waals surface area (Å²) in [5.74, 6) is 3.16. The van der Waals surface area contributed by atoms with Gasteiger partial charge in [0.15, 0.2) is 0 Å². The predicted molar refractivity (Wildman–Crippen MR) is 171 cm³/mol. The van der Waals surface area contributed by atoms with E-state index in [4.69, 9.17) is 37.9 Å². The van der Waals surface area contributed by atoms with Crippen LogP contribution in [0.25, 0.3) is 0 Å². The van der Waals surface area contributed by atoms with E-state index in [1.807, 2.05) is 0 Å². The van der Waals surface area contributed by atoms with E-state index in [0.717, 1.165) is 56.5 Å². The lowest BCUT2D eigenvalue weighted by Crippen LogP contribution is -2.26. The van der Waals surface area contributed by atoms with Gasteiger partial charge >= 0.3 is 0 Å². The fourth-order valence-electron chi connectivity index (χ4n) is 6.27. The summed E-state index contributed by atoms with van der Waals surface area (Å²) < 4.78 is 45.6. The molecule has 4 heterocycles. The Morgan fingerprint density at radius 2 is 1.13 bits per heavy atom. The number of ether oxygens (including phenoxy) is 8. The molecule has 0 N–H and O–H groups in total. The molecule has 2 aromatic rings. The highest BCUT2D eigenvalue weighted by Gasteiger charge is 2.35. The zero-order valence-electron chi connectivity index (χ0n) is 26.0. The van der Waals surface area contributed by atoms with Gasteiger partial charge in [0.05, 0.1) is 39.1 Å². The highest BCUT2D eigenvalue weighted by molar-refractivity contribution is 5.44. The van der Waals surface area contributed by atoms with Crippen molar-refractivity contribution in [3.63, 3.8) is 0 Å². The Balaban J connectivity index is 1.08. The third-order valence-electron chi connectivity index (χ3n) is 9.29. The number of allylic oxidation sites excluding steroid dienone is 5. The van der Waals surface area contributed by atoms with E-state index in [1.165, 1.54) is 16.7 Å². The van der Waals surface area contributed by atoms with Gasteiger partial charge in [0, 0.05) is 11.8 Å². The second kappa shape index (κ2) is 13.8. The number of epoxide rings is 4. The van der Waals surface area contributed by atoms with Crippen molar-refractivity contribution in [2.75, 3.05) is 52.9 Å². The quantitative estimate of drug-likeness (QED) is 0.212. The van der Waals surface area contributed by atoms with Crippen LogP contribution in [0.15, 0.2) is 96.3 Å². The van der Waals surface area contributed by atoms with Gasteiger partial charge in [-0.2, -0.15) is 0 Å². The van der Waals surface area contributed by atoms with Crippen molar-refractivity contribution in [2.45, 2.75) is 49.3 Å². The molecule has 7 atom stereocenters. The van der Waals surface area contributed by atoms with Crippen LogP contribution in [0, 0.1) is 11.8 Å². The van der Waals surface area contributed by atoms with Crippen molar-refractivity contribution >= 4 is 0 Å². The van der Waals surface area contributed by atoms with Crippen molar-refractivity contribution in [1.82, 2.24) is 0 Å². The van der Waals surface area contributed by atoms with E-state index < -0.39 is 0 Å². The Morgan fingerprint density at radius 1 is 0.587 bits per heavy atom. The summed E-state index contributed by atoms with van der Waals surface area (Å²) in [6.07, 6.45) is 16.3. The highest BCUT2D eigenvalue weighted by atomic mass is 16.6. The topological polar surface area (TPSA) is 87.0 Å². The smallest absolute Gasteiger partial charge is 0.119 e. The maximum absolute atomic E-state index is 6.14. The Kier molecular flexibility index (Phi) is 8.96. The van der Waals surface area contributed by atoms with Crippen LogP contribution in [0.2, 0.25) is 0 Å². The molecule has 242 valence electrons. The average Bonchev–Trinajstić information content (AvgIpc) is 3.91. The number of rotatable bonds is 17. The van der Waals surface area contributed by atoms with Crippen molar-refractivity contribution in [1.29, 1.82) is 0 Å². The van der Waals surface area contributed by atoms with Gasteiger partial charge in [0.2, 0.25) is 0 Å². The molecule has 2 aliphatic carbocycles. The predicted octanol–water partition coefficient (Wildman–Crippen LogP) is 5.54. The summed E-state index contributed by atoms with van der Waals surface area (Å²) in [6, 6.07) is 17.2. The molecule has 8 heteroatoms. The number of benzene rings is 2. The first-order valence-corrected chi connectivity index (χ1v) is 16.7. The number of hydrogen-bond acceptors (Lipinski definition) is 8. The fraction of sp³-hybridized carbons (Fsp3) is 0.474. The second-order valence-electron chi connectivity index (χ2n) is 12.9. The van der Waals surface area contributed by atoms with E-state index in [-0.39, 0.29) is 48.3 Å². The zero-order chi connectivity index (χ0) is 30.7. The molecule has 0 spiro atoms. The van der Waals surface area contributed by atoms with Crippen molar-refractivity contribution in [2.24, 2.45) is 11.8 Å². The minimum absolute atomic E-state index is 0.0669. The van der Waals surface area contributed by atoms with Crippen LogP contribution in [0.5, 0.6) is 11.5 Å². The first-order valence-electron chi connectivity index (χ1n) is 16.7. The Morgan fingerprint density at radius 3 is 1.61 bits per heavy atom. The molecule has 0 aromatic heterocycles. The molecule has 8 nitrogen and oxygen atoms in total.